The quantitative estimate of drug-likeness (QED) is 0.855. The molecule has 0 saturated carbocycles. The molecule has 1 heterocycles. The fraction of sp³-hybridized carbons (Fsp3) is 0.714. The largest absolute Gasteiger partial charge is 0.378 e. The van der Waals surface area contributed by atoms with Crippen molar-refractivity contribution in [3.8, 4) is 0 Å². The van der Waals surface area contributed by atoms with E-state index in [1.807, 2.05) is 13.8 Å². The number of nitrogens with two attached hydrogens (primary N) is 1. The first-order chi connectivity index (χ1) is 6.32. The third-order valence-electron chi connectivity index (χ3n) is 1.70. The summed E-state index contributed by atoms with van der Waals surface area (Å²) in [4.78, 5) is 0.206. The third-order valence-corrected chi connectivity index (χ3v) is 2.04. The summed E-state index contributed by atoms with van der Waals surface area (Å²) < 4.78 is 29.6. The van der Waals surface area contributed by atoms with Crippen molar-refractivity contribution in [2.75, 3.05) is 0 Å². The Morgan fingerprint density at radius 2 is 2.07 bits per heavy atom. The summed E-state index contributed by atoms with van der Waals surface area (Å²) in [6.07, 6.45) is 0. The average Bonchev–Trinajstić information content (AvgIpc) is 2.49. The molecule has 0 aliphatic heterocycles. The molecule has 0 spiro atoms. The van der Waals surface area contributed by atoms with Gasteiger partial charge in [-0.1, -0.05) is 19.0 Å². The van der Waals surface area contributed by atoms with Crippen LogP contribution in [0.2, 0.25) is 0 Å². The zero-order valence-corrected chi connectivity index (χ0v) is 9.25. The Bertz CT molecular complexity index is 310. The van der Waals surface area contributed by atoms with Gasteiger partial charge in [-0.15, -0.1) is 0 Å². The highest BCUT2D eigenvalue weighted by Crippen LogP contribution is 2.33. The first-order valence-corrected chi connectivity index (χ1v) is 4.78. The molecule has 1 unspecified atom stereocenters. The predicted octanol–water partition coefficient (Wildman–Crippen LogP) is 2.17. The number of halogens is 3. The summed E-state index contributed by atoms with van der Waals surface area (Å²) in [6.45, 7) is 3.68. The maximum absolute atomic E-state index is 12.6. The Morgan fingerprint density at radius 1 is 1.50 bits per heavy atom. The van der Waals surface area contributed by atoms with Crippen LogP contribution in [-0.4, -0.2) is 10.1 Å². The standard InChI is InChI=1S/C7H10BrF2N3O/c1-3(2)4(11)5-12-6(14-13-5)7(8,9)10/h3-4H,11H2,1-2H3. The minimum absolute atomic E-state index is 0.0596. The van der Waals surface area contributed by atoms with Gasteiger partial charge in [0.15, 0.2) is 5.82 Å². The van der Waals surface area contributed by atoms with Crippen molar-refractivity contribution in [2.24, 2.45) is 11.7 Å². The highest BCUT2D eigenvalue weighted by atomic mass is 79.9. The lowest BCUT2D eigenvalue weighted by atomic mass is 10.1. The van der Waals surface area contributed by atoms with Crippen LogP contribution in [0.3, 0.4) is 0 Å². The summed E-state index contributed by atoms with van der Waals surface area (Å²) in [6, 6.07) is -0.498. The van der Waals surface area contributed by atoms with Gasteiger partial charge < -0.3 is 10.3 Å². The molecule has 0 aliphatic rings. The van der Waals surface area contributed by atoms with Crippen molar-refractivity contribution in [3.63, 3.8) is 0 Å². The van der Waals surface area contributed by atoms with Gasteiger partial charge in [0.2, 0.25) is 0 Å². The van der Waals surface area contributed by atoms with Crippen LogP contribution in [0.5, 0.6) is 0 Å². The zero-order valence-electron chi connectivity index (χ0n) is 7.67. The zero-order chi connectivity index (χ0) is 10.9. The summed E-state index contributed by atoms with van der Waals surface area (Å²) >= 11 is 2.12. The lowest BCUT2D eigenvalue weighted by Crippen LogP contribution is -2.18. The van der Waals surface area contributed by atoms with Crippen molar-refractivity contribution >= 4 is 15.9 Å². The molecular formula is C7H10BrF2N3O. The normalized spacial score (nSPS) is 14.8. The Kier molecular flexibility index (Phi) is 3.20. The van der Waals surface area contributed by atoms with E-state index in [9.17, 15) is 8.78 Å². The monoisotopic (exact) mass is 269 g/mol. The van der Waals surface area contributed by atoms with Crippen LogP contribution in [0.15, 0.2) is 4.52 Å². The van der Waals surface area contributed by atoms with Gasteiger partial charge in [0.05, 0.1) is 6.04 Å². The van der Waals surface area contributed by atoms with Crippen molar-refractivity contribution in [2.45, 2.75) is 24.7 Å². The molecule has 4 nitrogen and oxygen atoms in total. The maximum atomic E-state index is 12.6. The second kappa shape index (κ2) is 3.90. The second-order valence-corrected chi connectivity index (χ2v) is 4.22. The SMILES string of the molecule is CC(C)C(N)c1noc(C(F)(F)Br)n1. The molecule has 14 heavy (non-hydrogen) atoms. The fourth-order valence-corrected chi connectivity index (χ4v) is 0.945. The minimum atomic E-state index is -3.30. The van der Waals surface area contributed by atoms with E-state index >= 15 is 0 Å². The first kappa shape index (κ1) is 11.5. The average molecular weight is 270 g/mol. The van der Waals surface area contributed by atoms with E-state index in [0.717, 1.165) is 0 Å². The molecular weight excluding hydrogens is 260 g/mol. The molecule has 1 rings (SSSR count). The molecule has 80 valence electrons. The fourth-order valence-electron chi connectivity index (χ4n) is 0.784. The molecule has 2 N–H and O–H groups in total. The summed E-state index contributed by atoms with van der Waals surface area (Å²) in [5.74, 6) is -0.623. The Hall–Kier alpha value is -0.560. The Balaban J connectivity index is 2.89. The minimum Gasteiger partial charge on any atom is -0.331 e. The van der Waals surface area contributed by atoms with Crippen LogP contribution in [-0.2, 0) is 4.83 Å². The summed E-state index contributed by atoms with van der Waals surface area (Å²) in [5.41, 5.74) is 5.65. The van der Waals surface area contributed by atoms with Crippen molar-refractivity contribution < 1.29 is 13.3 Å². The van der Waals surface area contributed by atoms with Crippen molar-refractivity contribution in [1.82, 2.24) is 10.1 Å². The lowest BCUT2D eigenvalue weighted by Gasteiger charge is -2.09. The summed E-state index contributed by atoms with van der Waals surface area (Å²) in [7, 11) is 0. The number of hydrogen-bond acceptors (Lipinski definition) is 4. The van der Waals surface area contributed by atoms with Crippen LogP contribution < -0.4 is 5.73 Å². The lowest BCUT2D eigenvalue weighted by molar-refractivity contribution is 0.0725. The van der Waals surface area contributed by atoms with Gasteiger partial charge in [0.25, 0.3) is 0 Å². The molecule has 1 atom stereocenters. The van der Waals surface area contributed by atoms with Gasteiger partial charge in [-0.3, -0.25) is 0 Å². The Labute approximate surface area is 88.0 Å². The molecule has 1 aromatic rings. The highest BCUT2D eigenvalue weighted by molar-refractivity contribution is 9.09. The van der Waals surface area contributed by atoms with Crippen molar-refractivity contribution in [3.05, 3.63) is 11.7 Å². The van der Waals surface area contributed by atoms with E-state index in [0.29, 0.717) is 0 Å². The van der Waals surface area contributed by atoms with Gasteiger partial charge in [-0.2, -0.15) is 13.8 Å². The summed E-state index contributed by atoms with van der Waals surface area (Å²) in [5, 5.41) is 3.38. The van der Waals surface area contributed by atoms with Crippen LogP contribution in [0, 0.1) is 5.92 Å². The highest BCUT2D eigenvalue weighted by Gasteiger charge is 2.35. The van der Waals surface area contributed by atoms with E-state index in [1.165, 1.54) is 0 Å². The molecule has 1 aromatic heterocycles. The van der Waals surface area contributed by atoms with Gasteiger partial charge in [-0.05, 0) is 5.92 Å². The van der Waals surface area contributed by atoms with Gasteiger partial charge in [0.1, 0.15) is 0 Å². The molecule has 0 aliphatic carbocycles. The van der Waals surface area contributed by atoms with E-state index < -0.39 is 16.8 Å². The predicted molar refractivity (Wildman–Crippen MR) is 48.9 cm³/mol. The second-order valence-electron chi connectivity index (χ2n) is 3.23. The third kappa shape index (κ3) is 2.48. The Morgan fingerprint density at radius 3 is 2.43 bits per heavy atom. The van der Waals surface area contributed by atoms with Crippen LogP contribution in [0.1, 0.15) is 31.6 Å². The molecule has 0 fully saturated rings. The van der Waals surface area contributed by atoms with Crippen LogP contribution in [0.4, 0.5) is 8.78 Å². The molecule has 0 bridgehead atoms. The molecule has 0 amide bonds. The number of rotatable bonds is 3. The smallest absolute Gasteiger partial charge is 0.331 e. The van der Waals surface area contributed by atoms with Gasteiger partial charge in [0, 0.05) is 15.9 Å². The van der Waals surface area contributed by atoms with Gasteiger partial charge >= 0.3 is 10.7 Å². The maximum Gasteiger partial charge on any atom is 0.378 e. The van der Waals surface area contributed by atoms with Crippen molar-refractivity contribution in [1.29, 1.82) is 0 Å². The number of aromatic nitrogens is 2. The molecule has 0 radical (unpaired) electrons. The molecule has 0 aromatic carbocycles. The molecule has 0 saturated heterocycles. The van der Waals surface area contributed by atoms with Crippen LogP contribution >= 0.6 is 15.9 Å². The molecule has 7 heteroatoms. The van der Waals surface area contributed by atoms with Crippen LogP contribution in [0.25, 0.3) is 0 Å². The van der Waals surface area contributed by atoms with E-state index in [4.69, 9.17) is 5.73 Å². The number of alkyl halides is 3. The first-order valence-electron chi connectivity index (χ1n) is 3.98. The van der Waals surface area contributed by atoms with E-state index in [1.54, 1.807) is 0 Å². The topological polar surface area (TPSA) is 64.9 Å². The van der Waals surface area contributed by atoms with E-state index in [2.05, 4.69) is 30.6 Å². The number of hydrogen-bond donors (Lipinski definition) is 1. The van der Waals surface area contributed by atoms with E-state index in [-0.39, 0.29) is 11.7 Å². The number of nitrogens with zero attached hydrogens (tertiary/aromatic N) is 2. The van der Waals surface area contributed by atoms with Gasteiger partial charge in [-0.25, -0.2) is 0 Å².